The van der Waals surface area contributed by atoms with Gasteiger partial charge >= 0.3 is 6.18 Å². The van der Waals surface area contributed by atoms with Gasteiger partial charge in [-0.3, -0.25) is 0 Å². The van der Waals surface area contributed by atoms with E-state index in [4.69, 9.17) is 11.6 Å². The van der Waals surface area contributed by atoms with Gasteiger partial charge in [0.1, 0.15) is 0 Å². The predicted octanol–water partition coefficient (Wildman–Crippen LogP) is 4.89. The molecule has 0 amide bonds. The summed E-state index contributed by atoms with van der Waals surface area (Å²) in [4.78, 5) is 0. The highest BCUT2D eigenvalue weighted by Gasteiger charge is 2.32. The zero-order valence-corrected chi connectivity index (χ0v) is 10.3. The zero-order valence-electron chi connectivity index (χ0n) is 9.52. The fourth-order valence-electron chi connectivity index (χ4n) is 2.53. The highest BCUT2D eigenvalue weighted by molar-refractivity contribution is 6.21. The second kappa shape index (κ2) is 4.52. The van der Waals surface area contributed by atoms with Crippen molar-refractivity contribution in [2.75, 3.05) is 0 Å². The van der Waals surface area contributed by atoms with Crippen LogP contribution >= 0.6 is 11.6 Å². The molecule has 0 bridgehead atoms. The number of hydrogen-bond donors (Lipinski definition) is 0. The number of aryl methyl sites for hydroxylation is 1. The van der Waals surface area contributed by atoms with Crippen LogP contribution in [0.5, 0.6) is 0 Å². The first-order chi connectivity index (χ1) is 7.89. The normalized spacial score (nSPS) is 25.2. The van der Waals surface area contributed by atoms with E-state index in [0.29, 0.717) is 5.56 Å². The van der Waals surface area contributed by atoms with Gasteiger partial charge in [-0.1, -0.05) is 12.5 Å². The van der Waals surface area contributed by atoms with E-state index in [1.54, 1.807) is 13.0 Å². The van der Waals surface area contributed by atoms with Gasteiger partial charge in [-0.15, -0.1) is 11.6 Å². The van der Waals surface area contributed by atoms with Crippen LogP contribution in [0, 0.1) is 6.92 Å². The molecule has 0 N–H and O–H groups in total. The topological polar surface area (TPSA) is 0 Å². The molecule has 2 rings (SSSR count). The van der Waals surface area contributed by atoms with Crippen molar-refractivity contribution >= 4 is 11.6 Å². The van der Waals surface area contributed by atoms with E-state index < -0.39 is 11.7 Å². The minimum Gasteiger partial charge on any atom is -0.166 e. The summed E-state index contributed by atoms with van der Waals surface area (Å²) in [6, 6.07) is 3.96. The standard InChI is InChI=1S/C13H14ClF3/c1-8-7-9(13(15,16)17)5-6-10(8)11-3-2-4-12(11)14/h5-7,11-12H,2-4H2,1H3. The average molecular weight is 263 g/mol. The number of alkyl halides is 4. The molecule has 1 aliphatic carbocycles. The fraction of sp³-hybridized carbons (Fsp3) is 0.538. The van der Waals surface area contributed by atoms with Crippen molar-refractivity contribution in [2.45, 2.75) is 43.7 Å². The molecule has 1 aromatic carbocycles. The van der Waals surface area contributed by atoms with E-state index in [0.717, 1.165) is 30.9 Å². The summed E-state index contributed by atoms with van der Waals surface area (Å²) in [6.07, 6.45) is -1.29. The largest absolute Gasteiger partial charge is 0.416 e. The Labute approximate surface area is 104 Å². The summed E-state index contributed by atoms with van der Waals surface area (Å²) in [6.45, 7) is 1.73. The van der Waals surface area contributed by atoms with E-state index in [2.05, 4.69) is 0 Å². The van der Waals surface area contributed by atoms with Crippen LogP contribution in [-0.2, 0) is 6.18 Å². The van der Waals surface area contributed by atoms with Gasteiger partial charge in [0.15, 0.2) is 0 Å². The van der Waals surface area contributed by atoms with Gasteiger partial charge in [-0.2, -0.15) is 13.2 Å². The van der Waals surface area contributed by atoms with Crippen molar-refractivity contribution in [1.29, 1.82) is 0 Å². The minimum atomic E-state index is -4.26. The first-order valence-electron chi connectivity index (χ1n) is 5.71. The van der Waals surface area contributed by atoms with Crippen LogP contribution in [0.3, 0.4) is 0 Å². The summed E-state index contributed by atoms with van der Waals surface area (Å²) >= 11 is 6.19. The SMILES string of the molecule is Cc1cc(C(F)(F)F)ccc1C1CCCC1Cl. The van der Waals surface area contributed by atoms with E-state index in [-0.39, 0.29) is 11.3 Å². The second-order valence-electron chi connectivity index (χ2n) is 4.62. The second-order valence-corrected chi connectivity index (χ2v) is 5.18. The van der Waals surface area contributed by atoms with Gasteiger partial charge in [0.05, 0.1) is 5.56 Å². The molecule has 1 aliphatic rings. The van der Waals surface area contributed by atoms with Crippen molar-refractivity contribution in [3.63, 3.8) is 0 Å². The average Bonchev–Trinajstić information content (AvgIpc) is 2.63. The van der Waals surface area contributed by atoms with Crippen LogP contribution < -0.4 is 0 Å². The lowest BCUT2D eigenvalue weighted by Gasteiger charge is -2.18. The van der Waals surface area contributed by atoms with Crippen molar-refractivity contribution in [3.05, 3.63) is 34.9 Å². The summed E-state index contributed by atoms with van der Waals surface area (Å²) in [5.74, 6) is 0.207. The summed E-state index contributed by atoms with van der Waals surface area (Å²) in [7, 11) is 0. The molecule has 1 fully saturated rings. The lowest BCUT2D eigenvalue weighted by molar-refractivity contribution is -0.137. The van der Waals surface area contributed by atoms with Crippen LogP contribution in [0.25, 0.3) is 0 Å². The Hall–Kier alpha value is -0.700. The van der Waals surface area contributed by atoms with Gasteiger partial charge in [0.2, 0.25) is 0 Å². The number of benzene rings is 1. The molecule has 0 heterocycles. The van der Waals surface area contributed by atoms with Crippen LogP contribution in [0.4, 0.5) is 13.2 Å². The first kappa shape index (κ1) is 12.7. The third-order valence-electron chi connectivity index (χ3n) is 3.43. The predicted molar refractivity (Wildman–Crippen MR) is 62.4 cm³/mol. The minimum absolute atomic E-state index is 0.0606. The molecule has 0 radical (unpaired) electrons. The lowest BCUT2D eigenvalue weighted by atomic mass is 9.92. The number of rotatable bonds is 1. The molecule has 2 unspecified atom stereocenters. The maximum atomic E-state index is 12.5. The van der Waals surface area contributed by atoms with E-state index in [1.807, 2.05) is 0 Å². The molecular weight excluding hydrogens is 249 g/mol. The van der Waals surface area contributed by atoms with Crippen molar-refractivity contribution in [2.24, 2.45) is 0 Å². The molecule has 0 aliphatic heterocycles. The Morgan fingerprint density at radius 1 is 1.24 bits per heavy atom. The van der Waals surface area contributed by atoms with Crippen molar-refractivity contribution in [1.82, 2.24) is 0 Å². The Balaban J connectivity index is 2.32. The first-order valence-corrected chi connectivity index (χ1v) is 6.15. The highest BCUT2D eigenvalue weighted by atomic mass is 35.5. The Morgan fingerprint density at radius 3 is 2.41 bits per heavy atom. The lowest BCUT2D eigenvalue weighted by Crippen LogP contribution is -2.10. The van der Waals surface area contributed by atoms with Crippen molar-refractivity contribution < 1.29 is 13.2 Å². The summed E-state index contributed by atoms with van der Waals surface area (Å²) in [5, 5.41) is 0.0606. The maximum Gasteiger partial charge on any atom is 0.416 e. The smallest absolute Gasteiger partial charge is 0.166 e. The highest BCUT2D eigenvalue weighted by Crippen LogP contribution is 2.40. The molecule has 0 saturated heterocycles. The van der Waals surface area contributed by atoms with Gasteiger partial charge in [-0.25, -0.2) is 0 Å². The van der Waals surface area contributed by atoms with Gasteiger partial charge < -0.3 is 0 Å². The van der Waals surface area contributed by atoms with Crippen LogP contribution in [0.1, 0.15) is 41.9 Å². The van der Waals surface area contributed by atoms with Crippen LogP contribution in [-0.4, -0.2) is 5.38 Å². The molecule has 4 heteroatoms. The van der Waals surface area contributed by atoms with Crippen LogP contribution in [0.15, 0.2) is 18.2 Å². The molecule has 2 atom stereocenters. The number of hydrogen-bond acceptors (Lipinski definition) is 0. The molecule has 0 aromatic heterocycles. The van der Waals surface area contributed by atoms with Gasteiger partial charge in [0, 0.05) is 11.3 Å². The van der Waals surface area contributed by atoms with Gasteiger partial charge in [-0.05, 0) is 43.0 Å². The van der Waals surface area contributed by atoms with Crippen LogP contribution in [0.2, 0.25) is 0 Å². The zero-order chi connectivity index (χ0) is 12.6. The maximum absolute atomic E-state index is 12.5. The molecule has 17 heavy (non-hydrogen) atoms. The molecule has 94 valence electrons. The number of halogens is 4. The summed E-state index contributed by atoms with van der Waals surface area (Å²) < 4.78 is 37.6. The summed E-state index contributed by atoms with van der Waals surface area (Å²) in [5.41, 5.74) is 1.08. The monoisotopic (exact) mass is 262 g/mol. The van der Waals surface area contributed by atoms with E-state index in [9.17, 15) is 13.2 Å². The van der Waals surface area contributed by atoms with E-state index >= 15 is 0 Å². The molecular formula is C13H14ClF3. The molecule has 1 aromatic rings. The third kappa shape index (κ3) is 2.59. The molecule has 0 spiro atoms. The Bertz CT molecular complexity index is 412. The Morgan fingerprint density at radius 2 is 1.94 bits per heavy atom. The third-order valence-corrected chi connectivity index (χ3v) is 3.95. The molecule has 0 nitrogen and oxygen atoms in total. The fourth-order valence-corrected chi connectivity index (χ4v) is 2.95. The van der Waals surface area contributed by atoms with E-state index in [1.165, 1.54) is 6.07 Å². The molecule has 1 saturated carbocycles. The van der Waals surface area contributed by atoms with Crippen molar-refractivity contribution in [3.8, 4) is 0 Å². The van der Waals surface area contributed by atoms with Gasteiger partial charge in [0.25, 0.3) is 0 Å². The Kier molecular flexibility index (Phi) is 3.39. The quantitative estimate of drug-likeness (QED) is 0.632.